The van der Waals surface area contributed by atoms with Crippen LogP contribution in [0, 0.1) is 3.57 Å². The number of ether oxygens (including phenoxy) is 1. The quantitative estimate of drug-likeness (QED) is 0.387. The molecule has 1 atom stereocenters. The van der Waals surface area contributed by atoms with E-state index in [1.165, 1.54) is 6.33 Å². The normalized spacial score (nSPS) is 12.0. The SMILES string of the molecule is O=C(O)C(Cc1ccccc1)Oc1ncnc2c1c(I)cn2Cc1ccccc1. The van der Waals surface area contributed by atoms with Crippen molar-refractivity contribution in [2.24, 2.45) is 0 Å². The van der Waals surface area contributed by atoms with Crippen LogP contribution in [0.2, 0.25) is 0 Å². The molecule has 0 radical (unpaired) electrons. The van der Waals surface area contributed by atoms with Gasteiger partial charge in [-0.25, -0.2) is 14.8 Å². The summed E-state index contributed by atoms with van der Waals surface area (Å²) in [6.07, 6.45) is 2.61. The predicted molar refractivity (Wildman–Crippen MR) is 118 cm³/mol. The summed E-state index contributed by atoms with van der Waals surface area (Å²) in [6.45, 7) is 0.656. The number of fused-ring (bicyclic) bond motifs is 1. The maximum atomic E-state index is 11.8. The van der Waals surface area contributed by atoms with Gasteiger partial charge in [-0.2, -0.15) is 0 Å². The summed E-state index contributed by atoms with van der Waals surface area (Å²) in [4.78, 5) is 20.5. The molecule has 1 unspecified atom stereocenters. The van der Waals surface area contributed by atoms with Crippen molar-refractivity contribution in [3.05, 3.63) is 87.9 Å². The second-order valence-corrected chi connectivity index (χ2v) is 7.76. The Bertz CT molecular complexity index is 1130. The van der Waals surface area contributed by atoms with E-state index in [0.29, 0.717) is 12.2 Å². The molecule has 2 aromatic heterocycles. The van der Waals surface area contributed by atoms with Crippen LogP contribution >= 0.6 is 22.6 Å². The van der Waals surface area contributed by atoms with Crippen LogP contribution in [0.1, 0.15) is 11.1 Å². The lowest BCUT2D eigenvalue weighted by atomic mass is 10.1. The lowest BCUT2D eigenvalue weighted by molar-refractivity contribution is -0.145. The number of aliphatic carboxylic acids is 1. The molecule has 0 bridgehead atoms. The molecule has 0 amide bonds. The number of aromatic nitrogens is 3. The standard InChI is InChI=1S/C22H18IN3O3/c23-17-13-26(12-16-9-5-2-6-10-16)20-19(17)21(25-14-24-20)29-18(22(27)28)11-15-7-3-1-4-8-15/h1-10,13-14,18H,11-12H2,(H,27,28). The average Bonchev–Trinajstić information content (AvgIpc) is 3.05. The maximum absolute atomic E-state index is 11.8. The molecule has 6 nitrogen and oxygen atoms in total. The van der Waals surface area contributed by atoms with Crippen molar-refractivity contribution in [2.75, 3.05) is 0 Å². The molecule has 146 valence electrons. The molecule has 7 heteroatoms. The molecule has 1 N–H and O–H groups in total. The molecular formula is C22H18IN3O3. The molecule has 0 spiro atoms. The maximum Gasteiger partial charge on any atom is 0.345 e. The van der Waals surface area contributed by atoms with Crippen LogP contribution in [0.5, 0.6) is 5.88 Å². The minimum absolute atomic E-state index is 0.253. The zero-order valence-electron chi connectivity index (χ0n) is 15.4. The monoisotopic (exact) mass is 499 g/mol. The molecule has 29 heavy (non-hydrogen) atoms. The Morgan fingerprint density at radius 2 is 1.69 bits per heavy atom. The third-order valence-corrected chi connectivity index (χ3v) is 5.38. The summed E-state index contributed by atoms with van der Waals surface area (Å²) in [5, 5.41) is 10.4. The fourth-order valence-electron chi connectivity index (χ4n) is 3.18. The van der Waals surface area contributed by atoms with Crippen molar-refractivity contribution in [1.29, 1.82) is 0 Å². The molecule has 2 heterocycles. The average molecular weight is 499 g/mol. The van der Waals surface area contributed by atoms with Gasteiger partial charge in [0.05, 0.1) is 5.39 Å². The van der Waals surface area contributed by atoms with E-state index in [1.54, 1.807) is 0 Å². The lowest BCUT2D eigenvalue weighted by Crippen LogP contribution is -2.29. The van der Waals surface area contributed by atoms with Gasteiger partial charge in [0.15, 0.2) is 0 Å². The van der Waals surface area contributed by atoms with Crippen molar-refractivity contribution in [3.63, 3.8) is 0 Å². The Labute approximate surface area is 181 Å². The predicted octanol–water partition coefficient (Wildman–Crippen LogP) is 4.16. The van der Waals surface area contributed by atoms with Crippen LogP contribution in [0.3, 0.4) is 0 Å². The Morgan fingerprint density at radius 3 is 2.34 bits per heavy atom. The molecule has 0 aliphatic carbocycles. The summed E-state index contributed by atoms with van der Waals surface area (Å²) in [6, 6.07) is 19.5. The first-order valence-electron chi connectivity index (χ1n) is 9.08. The van der Waals surface area contributed by atoms with Crippen molar-refractivity contribution < 1.29 is 14.6 Å². The minimum Gasteiger partial charge on any atom is -0.478 e. The highest BCUT2D eigenvalue weighted by molar-refractivity contribution is 14.1. The number of carboxylic acids is 1. The van der Waals surface area contributed by atoms with Crippen LogP contribution in [-0.4, -0.2) is 31.7 Å². The minimum atomic E-state index is -1.04. The van der Waals surface area contributed by atoms with Crippen molar-refractivity contribution in [3.8, 4) is 5.88 Å². The molecule has 0 saturated carbocycles. The number of carboxylic acid groups (broad SMARTS) is 1. The Balaban J connectivity index is 1.66. The van der Waals surface area contributed by atoms with Crippen LogP contribution in [0.15, 0.2) is 73.2 Å². The van der Waals surface area contributed by atoms with E-state index in [4.69, 9.17) is 4.74 Å². The largest absolute Gasteiger partial charge is 0.478 e. The molecule has 0 aliphatic heterocycles. The second-order valence-electron chi connectivity index (χ2n) is 6.60. The van der Waals surface area contributed by atoms with Gasteiger partial charge in [-0.1, -0.05) is 60.7 Å². The van der Waals surface area contributed by atoms with E-state index in [0.717, 1.165) is 20.1 Å². The zero-order valence-corrected chi connectivity index (χ0v) is 17.6. The number of hydrogen-bond acceptors (Lipinski definition) is 4. The van der Waals surface area contributed by atoms with Gasteiger partial charge in [0.1, 0.15) is 12.0 Å². The molecule has 0 saturated heterocycles. The summed E-state index contributed by atoms with van der Waals surface area (Å²) < 4.78 is 8.80. The number of hydrogen-bond donors (Lipinski definition) is 1. The van der Waals surface area contributed by atoms with Gasteiger partial charge in [-0.05, 0) is 33.7 Å². The zero-order chi connectivity index (χ0) is 20.2. The lowest BCUT2D eigenvalue weighted by Gasteiger charge is -2.15. The number of benzene rings is 2. The smallest absolute Gasteiger partial charge is 0.345 e. The highest BCUT2D eigenvalue weighted by atomic mass is 127. The van der Waals surface area contributed by atoms with Crippen LogP contribution in [0.4, 0.5) is 0 Å². The van der Waals surface area contributed by atoms with Gasteiger partial charge >= 0.3 is 5.97 Å². The van der Waals surface area contributed by atoms with Gasteiger partial charge < -0.3 is 14.4 Å². The third-order valence-electron chi connectivity index (χ3n) is 4.56. The molecule has 0 aliphatic rings. The van der Waals surface area contributed by atoms with E-state index in [1.807, 2.05) is 59.3 Å². The third kappa shape index (κ3) is 4.40. The van der Waals surface area contributed by atoms with Gasteiger partial charge in [0.2, 0.25) is 12.0 Å². The van der Waals surface area contributed by atoms with Gasteiger partial charge in [0, 0.05) is 22.7 Å². The first-order chi connectivity index (χ1) is 14.1. The molecule has 4 aromatic rings. The molecule has 0 fully saturated rings. The highest BCUT2D eigenvalue weighted by Gasteiger charge is 2.23. The highest BCUT2D eigenvalue weighted by Crippen LogP contribution is 2.30. The summed E-state index contributed by atoms with van der Waals surface area (Å²) in [5.41, 5.74) is 2.75. The Hall–Kier alpha value is -2.94. The van der Waals surface area contributed by atoms with Crippen molar-refractivity contribution in [2.45, 2.75) is 19.1 Å². The fraction of sp³-hybridized carbons (Fsp3) is 0.136. The number of rotatable bonds is 7. The first kappa shape index (κ1) is 19.4. The number of halogens is 1. The fourth-order valence-corrected chi connectivity index (χ4v) is 3.99. The topological polar surface area (TPSA) is 77.2 Å². The molecule has 4 rings (SSSR count). The van der Waals surface area contributed by atoms with Gasteiger partial charge in [-0.3, -0.25) is 0 Å². The van der Waals surface area contributed by atoms with Crippen LogP contribution in [0.25, 0.3) is 11.0 Å². The van der Waals surface area contributed by atoms with Crippen molar-refractivity contribution >= 4 is 39.6 Å². The Kier molecular flexibility index (Phi) is 5.75. The second kappa shape index (κ2) is 8.60. The van der Waals surface area contributed by atoms with E-state index >= 15 is 0 Å². The Morgan fingerprint density at radius 1 is 1.03 bits per heavy atom. The van der Waals surface area contributed by atoms with E-state index < -0.39 is 12.1 Å². The van der Waals surface area contributed by atoms with Crippen molar-refractivity contribution in [1.82, 2.24) is 14.5 Å². The van der Waals surface area contributed by atoms with Crippen LogP contribution < -0.4 is 4.74 Å². The summed E-state index contributed by atoms with van der Waals surface area (Å²) in [5.74, 6) is -0.742. The first-order valence-corrected chi connectivity index (χ1v) is 10.2. The number of carbonyl (C=O) groups is 1. The van der Waals surface area contributed by atoms with Gasteiger partial charge in [-0.15, -0.1) is 0 Å². The summed E-state index contributed by atoms with van der Waals surface area (Å²) >= 11 is 2.21. The van der Waals surface area contributed by atoms with E-state index in [9.17, 15) is 9.90 Å². The number of nitrogens with zero attached hydrogens (tertiary/aromatic N) is 3. The van der Waals surface area contributed by atoms with E-state index in [2.05, 4.69) is 44.7 Å². The van der Waals surface area contributed by atoms with E-state index in [-0.39, 0.29) is 12.3 Å². The molecular weight excluding hydrogens is 481 g/mol. The van der Waals surface area contributed by atoms with Crippen LogP contribution in [-0.2, 0) is 17.8 Å². The summed E-state index contributed by atoms with van der Waals surface area (Å²) in [7, 11) is 0. The molecule has 2 aromatic carbocycles. The van der Waals surface area contributed by atoms with Gasteiger partial charge in [0.25, 0.3) is 0 Å².